The minimum absolute atomic E-state index is 0.0574. The van der Waals surface area contributed by atoms with Crippen molar-refractivity contribution in [1.29, 1.82) is 0 Å². The molecule has 1 fully saturated rings. The summed E-state index contributed by atoms with van der Waals surface area (Å²) < 4.78 is 5.54. The molecule has 0 saturated carbocycles. The SMILES string of the molecule is CCCOc1ccc(C(=O)C(C)CN2CCNCC2)c(Cl)c1. The summed E-state index contributed by atoms with van der Waals surface area (Å²) in [6.07, 6.45) is 0.944. The molecule has 0 aromatic heterocycles. The van der Waals surface area contributed by atoms with Crippen LogP contribution in [0.5, 0.6) is 5.75 Å². The van der Waals surface area contributed by atoms with Gasteiger partial charge >= 0.3 is 0 Å². The minimum atomic E-state index is -0.0574. The molecule has 1 aromatic rings. The lowest BCUT2D eigenvalue weighted by Crippen LogP contribution is -2.45. The third kappa shape index (κ3) is 4.70. The first kappa shape index (κ1) is 17.3. The van der Waals surface area contributed by atoms with E-state index in [4.69, 9.17) is 16.3 Å². The van der Waals surface area contributed by atoms with Crippen molar-refractivity contribution < 1.29 is 9.53 Å². The third-order valence-electron chi connectivity index (χ3n) is 3.87. The van der Waals surface area contributed by atoms with Crippen LogP contribution in [0.3, 0.4) is 0 Å². The quantitative estimate of drug-likeness (QED) is 0.783. The monoisotopic (exact) mass is 324 g/mol. The van der Waals surface area contributed by atoms with Crippen LogP contribution < -0.4 is 10.1 Å². The fourth-order valence-electron chi connectivity index (χ4n) is 2.63. The highest BCUT2D eigenvalue weighted by Crippen LogP contribution is 2.25. The van der Waals surface area contributed by atoms with E-state index in [1.54, 1.807) is 12.1 Å². The van der Waals surface area contributed by atoms with Crippen LogP contribution in [0.1, 0.15) is 30.6 Å². The van der Waals surface area contributed by atoms with Crippen LogP contribution in [0, 0.1) is 5.92 Å². The van der Waals surface area contributed by atoms with E-state index in [2.05, 4.69) is 17.1 Å². The Labute approximate surface area is 137 Å². The van der Waals surface area contributed by atoms with Crippen molar-refractivity contribution >= 4 is 17.4 Å². The van der Waals surface area contributed by atoms with Gasteiger partial charge in [-0.05, 0) is 24.6 Å². The summed E-state index contributed by atoms with van der Waals surface area (Å²) in [5.74, 6) is 0.766. The van der Waals surface area contributed by atoms with Crippen molar-refractivity contribution in [3.8, 4) is 5.75 Å². The average Bonchev–Trinajstić information content (AvgIpc) is 2.53. The molecule has 122 valence electrons. The van der Waals surface area contributed by atoms with Crippen molar-refractivity contribution in [1.82, 2.24) is 10.2 Å². The van der Waals surface area contributed by atoms with Crippen molar-refractivity contribution in [2.75, 3.05) is 39.3 Å². The van der Waals surface area contributed by atoms with Gasteiger partial charge < -0.3 is 15.0 Å². The summed E-state index contributed by atoms with van der Waals surface area (Å²) in [6.45, 7) is 9.44. The molecular formula is C17H25ClN2O2. The zero-order valence-electron chi connectivity index (χ0n) is 13.4. The fraction of sp³-hybridized carbons (Fsp3) is 0.588. The largest absolute Gasteiger partial charge is 0.494 e. The van der Waals surface area contributed by atoms with E-state index in [-0.39, 0.29) is 11.7 Å². The van der Waals surface area contributed by atoms with E-state index in [0.29, 0.717) is 17.2 Å². The molecule has 2 rings (SSSR count). The first-order chi connectivity index (χ1) is 10.6. The number of piperazine rings is 1. The van der Waals surface area contributed by atoms with Gasteiger partial charge in [0.2, 0.25) is 0 Å². The number of Topliss-reactive ketones (excluding diaryl/α,β-unsaturated/α-hetero) is 1. The zero-order chi connectivity index (χ0) is 15.9. The summed E-state index contributed by atoms with van der Waals surface area (Å²) in [6, 6.07) is 5.35. The van der Waals surface area contributed by atoms with Crippen LogP contribution in [-0.4, -0.2) is 50.0 Å². The number of benzene rings is 1. The Kier molecular flexibility index (Phi) is 6.68. The molecule has 0 aliphatic carbocycles. The predicted octanol–water partition coefficient (Wildman–Crippen LogP) is 2.85. The van der Waals surface area contributed by atoms with Gasteiger partial charge in [-0.15, -0.1) is 0 Å². The molecule has 4 nitrogen and oxygen atoms in total. The summed E-state index contributed by atoms with van der Waals surface area (Å²) in [4.78, 5) is 14.9. The molecule has 1 aliphatic heterocycles. The molecular weight excluding hydrogens is 300 g/mol. The number of halogens is 1. The average molecular weight is 325 g/mol. The van der Waals surface area contributed by atoms with Gasteiger partial charge in [0.15, 0.2) is 5.78 Å². The lowest BCUT2D eigenvalue weighted by molar-refractivity contribution is 0.0887. The number of hydrogen-bond acceptors (Lipinski definition) is 4. The van der Waals surface area contributed by atoms with Crippen LogP contribution in [0.2, 0.25) is 5.02 Å². The topological polar surface area (TPSA) is 41.6 Å². The maximum absolute atomic E-state index is 12.6. The molecule has 1 saturated heterocycles. The molecule has 1 unspecified atom stereocenters. The van der Waals surface area contributed by atoms with E-state index >= 15 is 0 Å². The van der Waals surface area contributed by atoms with Gasteiger partial charge in [0, 0.05) is 44.2 Å². The molecule has 1 aromatic carbocycles. The maximum Gasteiger partial charge on any atom is 0.168 e. The zero-order valence-corrected chi connectivity index (χ0v) is 14.2. The van der Waals surface area contributed by atoms with Crippen LogP contribution in [0.25, 0.3) is 0 Å². The van der Waals surface area contributed by atoms with E-state index < -0.39 is 0 Å². The molecule has 5 heteroatoms. The number of ether oxygens (including phenoxy) is 1. The number of carbonyl (C=O) groups excluding carboxylic acids is 1. The molecule has 22 heavy (non-hydrogen) atoms. The standard InChI is InChI=1S/C17H25ClN2O2/c1-3-10-22-14-4-5-15(16(18)11-14)17(21)13(2)12-20-8-6-19-7-9-20/h4-5,11,13,19H,3,6-10,12H2,1-2H3. The lowest BCUT2D eigenvalue weighted by atomic mass is 9.98. The third-order valence-corrected chi connectivity index (χ3v) is 4.18. The Morgan fingerprint density at radius 3 is 2.77 bits per heavy atom. The van der Waals surface area contributed by atoms with Gasteiger partial charge in [0.25, 0.3) is 0 Å². The highest BCUT2D eigenvalue weighted by atomic mass is 35.5. The summed E-state index contributed by atoms with van der Waals surface area (Å²) in [5, 5.41) is 3.80. The smallest absolute Gasteiger partial charge is 0.168 e. The molecule has 0 bridgehead atoms. The molecule has 1 atom stereocenters. The van der Waals surface area contributed by atoms with E-state index in [9.17, 15) is 4.79 Å². The van der Waals surface area contributed by atoms with Gasteiger partial charge in [-0.3, -0.25) is 4.79 Å². The summed E-state index contributed by atoms with van der Waals surface area (Å²) in [5.41, 5.74) is 0.591. The number of carbonyl (C=O) groups is 1. The van der Waals surface area contributed by atoms with Crippen LogP contribution >= 0.6 is 11.6 Å². The first-order valence-electron chi connectivity index (χ1n) is 8.01. The predicted molar refractivity (Wildman–Crippen MR) is 90.0 cm³/mol. The van der Waals surface area contributed by atoms with Gasteiger partial charge in [-0.1, -0.05) is 25.4 Å². The van der Waals surface area contributed by atoms with E-state index in [1.807, 2.05) is 13.0 Å². The van der Waals surface area contributed by atoms with Crippen LogP contribution in [0.15, 0.2) is 18.2 Å². The Hall–Kier alpha value is -1.10. The minimum Gasteiger partial charge on any atom is -0.494 e. The highest BCUT2D eigenvalue weighted by molar-refractivity contribution is 6.34. The Bertz CT molecular complexity index is 501. The van der Waals surface area contributed by atoms with Gasteiger partial charge in [-0.2, -0.15) is 0 Å². The number of nitrogens with one attached hydrogen (secondary N) is 1. The van der Waals surface area contributed by atoms with Gasteiger partial charge in [-0.25, -0.2) is 0 Å². The normalized spacial score (nSPS) is 17.2. The van der Waals surface area contributed by atoms with E-state index in [1.165, 1.54) is 0 Å². The van der Waals surface area contributed by atoms with Crippen molar-refractivity contribution in [2.45, 2.75) is 20.3 Å². The number of ketones is 1. The molecule has 1 N–H and O–H groups in total. The second kappa shape index (κ2) is 8.51. The lowest BCUT2D eigenvalue weighted by Gasteiger charge is -2.29. The number of hydrogen-bond donors (Lipinski definition) is 1. The molecule has 0 radical (unpaired) electrons. The van der Waals surface area contributed by atoms with Crippen LogP contribution in [-0.2, 0) is 0 Å². The first-order valence-corrected chi connectivity index (χ1v) is 8.39. The Balaban J connectivity index is 1.98. The molecule has 0 spiro atoms. The molecule has 1 heterocycles. The molecule has 0 amide bonds. The van der Waals surface area contributed by atoms with Crippen molar-refractivity contribution in [3.05, 3.63) is 28.8 Å². The van der Waals surface area contributed by atoms with Gasteiger partial charge in [0.1, 0.15) is 5.75 Å². The van der Waals surface area contributed by atoms with E-state index in [0.717, 1.165) is 44.9 Å². The van der Waals surface area contributed by atoms with Gasteiger partial charge in [0.05, 0.1) is 11.6 Å². The second-order valence-electron chi connectivity index (χ2n) is 5.81. The number of nitrogens with zero attached hydrogens (tertiary/aromatic N) is 1. The summed E-state index contributed by atoms with van der Waals surface area (Å²) >= 11 is 6.27. The number of rotatable bonds is 7. The Morgan fingerprint density at radius 1 is 1.41 bits per heavy atom. The van der Waals surface area contributed by atoms with Crippen molar-refractivity contribution in [3.63, 3.8) is 0 Å². The highest BCUT2D eigenvalue weighted by Gasteiger charge is 2.21. The summed E-state index contributed by atoms with van der Waals surface area (Å²) in [7, 11) is 0. The maximum atomic E-state index is 12.6. The van der Waals surface area contributed by atoms with Crippen LogP contribution in [0.4, 0.5) is 0 Å². The fourth-order valence-corrected chi connectivity index (χ4v) is 2.90. The second-order valence-corrected chi connectivity index (χ2v) is 6.21. The molecule has 1 aliphatic rings. The van der Waals surface area contributed by atoms with Crippen molar-refractivity contribution in [2.24, 2.45) is 5.92 Å². The Morgan fingerprint density at radius 2 is 2.14 bits per heavy atom.